The van der Waals surface area contributed by atoms with Gasteiger partial charge < -0.3 is 10.6 Å². The van der Waals surface area contributed by atoms with Crippen LogP contribution in [0, 0.1) is 11.8 Å². The van der Waals surface area contributed by atoms with Crippen molar-refractivity contribution in [3.05, 3.63) is 88.9 Å². The molecule has 9 heteroatoms. The molecular formula is C28H30ClN3O4S. The predicted octanol–water partition coefficient (Wildman–Crippen LogP) is 4.39. The van der Waals surface area contributed by atoms with Crippen molar-refractivity contribution >= 4 is 33.4 Å². The molecular weight excluding hydrogens is 510 g/mol. The molecule has 3 aromatic carbocycles. The van der Waals surface area contributed by atoms with Crippen molar-refractivity contribution in [2.24, 2.45) is 17.0 Å². The van der Waals surface area contributed by atoms with Gasteiger partial charge in [-0.05, 0) is 41.7 Å². The van der Waals surface area contributed by atoms with Crippen molar-refractivity contribution in [2.75, 3.05) is 0 Å². The van der Waals surface area contributed by atoms with Gasteiger partial charge in [0.2, 0.25) is 21.8 Å². The van der Waals surface area contributed by atoms with Crippen LogP contribution in [-0.2, 0) is 32.7 Å². The van der Waals surface area contributed by atoms with Crippen molar-refractivity contribution in [1.29, 1.82) is 0 Å². The number of nitrogens with two attached hydrogens (primary N) is 1. The molecule has 0 spiro atoms. The van der Waals surface area contributed by atoms with Gasteiger partial charge in [-0.1, -0.05) is 85.1 Å². The topological polar surface area (TPSA) is 118 Å². The summed E-state index contributed by atoms with van der Waals surface area (Å²) < 4.78 is 23.8. The second-order valence-electron chi connectivity index (χ2n) is 9.26. The SMILES string of the molecule is NS(=O)(=O)c1ccccc1-c1ccc(CNC(=O)C2CCCC[C@H]2C(=O)NCc2ccccc2Cl)cc1. The molecule has 0 aromatic heterocycles. The average Bonchev–Trinajstić information content (AvgIpc) is 2.91. The molecule has 2 amide bonds. The summed E-state index contributed by atoms with van der Waals surface area (Å²) in [5.41, 5.74) is 2.93. The largest absolute Gasteiger partial charge is 0.352 e. The highest BCUT2D eigenvalue weighted by Gasteiger charge is 2.35. The van der Waals surface area contributed by atoms with Crippen LogP contribution in [0.3, 0.4) is 0 Å². The van der Waals surface area contributed by atoms with Crippen molar-refractivity contribution < 1.29 is 18.0 Å². The standard InChI is InChI=1S/C28H30ClN3O4S/c29-25-11-5-1-7-21(25)18-32-28(34)24-10-3-2-9-23(24)27(33)31-17-19-13-15-20(16-14-19)22-8-4-6-12-26(22)37(30,35)36/h1,4-8,11-16,23-24H,2-3,9-10,17-18H2,(H,31,33)(H,32,34)(H2,30,35,36)/t23?,24-/m1/s1. The van der Waals surface area contributed by atoms with Crippen molar-refractivity contribution in [2.45, 2.75) is 43.7 Å². The number of carbonyl (C=O) groups is 2. The second kappa shape index (κ2) is 11.9. The number of amides is 2. The van der Waals surface area contributed by atoms with Gasteiger partial charge in [0.1, 0.15) is 0 Å². The van der Waals surface area contributed by atoms with E-state index in [4.69, 9.17) is 16.7 Å². The third-order valence-electron chi connectivity index (χ3n) is 6.78. The smallest absolute Gasteiger partial charge is 0.238 e. The number of hydrogen-bond acceptors (Lipinski definition) is 4. The Hall–Kier alpha value is -3.20. The van der Waals surface area contributed by atoms with Crippen LogP contribution in [0.2, 0.25) is 5.02 Å². The van der Waals surface area contributed by atoms with E-state index in [1.54, 1.807) is 36.4 Å². The molecule has 4 rings (SSSR count). The van der Waals surface area contributed by atoms with Gasteiger partial charge in [0, 0.05) is 35.5 Å². The molecule has 4 N–H and O–H groups in total. The number of nitrogens with one attached hydrogen (secondary N) is 2. The molecule has 2 atom stereocenters. The van der Waals surface area contributed by atoms with Crippen molar-refractivity contribution in [3.8, 4) is 11.1 Å². The lowest BCUT2D eigenvalue weighted by molar-refractivity contribution is -0.136. The fraction of sp³-hybridized carbons (Fsp3) is 0.286. The number of benzene rings is 3. The normalized spacial score (nSPS) is 17.7. The van der Waals surface area contributed by atoms with Crippen LogP contribution in [0.5, 0.6) is 0 Å². The van der Waals surface area contributed by atoms with Gasteiger partial charge in [0.15, 0.2) is 0 Å². The Morgan fingerprint density at radius 2 is 1.38 bits per heavy atom. The number of primary sulfonamides is 1. The zero-order chi connectivity index (χ0) is 26.4. The number of hydrogen-bond donors (Lipinski definition) is 3. The molecule has 7 nitrogen and oxygen atoms in total. The van der Waals surface area contributed by atoms with Crippen LogP contribution < -0.4 is 15.8 Å². The van der Waals surface area contributed by atoms with Crippen LogP contribution in [-0.4, -0.2) is 20.2 Å². The third kappa shape index (κ3) is 6.77. The maximum Gasteiger partial charge on any atom is 0.238 e. The molecule has 1 unspecified atom stereocenters. The minimum atomic E-state index is -3.86. The summed E-state index contributed by atoms with van der Waals surface area (Å²) in [4.78, 5) is 26.1. The van der Waals surface area contributed by atoms with Crippen LogP contribution in [0.25, 0.3) is 11.1 Å². The van der Waals surface area contributed by atoms with E-state index in [0.717, 1.165) is 24.0 Å². The highest BCUT2D eigenvalue weighted by atomic mass is 35.5. The first-order valence-electron chi connectivity index (χ1n) is 12.2. The van der Waals surface area contributed by atoms with E-state index in [1.165, 1.54) is 6.07 Å². The summed E-state index contributed by atoms with van der Waals surface area (Å²) in [6.07, 6.45) is 3.16. The van der Waals surface area contributed by atoms with E-state index in [0.29, 0.717) is 42.1 Å². The van der Waals surface area contributed by atoms with Crippen molar-refractivity contribution in [3.63, 3.8) is 0 Å². The molecule has 0 saturated heterocycles. The molecule has 1 fully saturated rings. The fourth-order valence-corrected chi connectivity index (χ4v) is 5.75. The molecule has 3 aromatic rings. The first kappa shape index (κ1) is 26.9. The van der Waals surface area contributed by atoms with Gasteiger partial charge in [0.05, 0.1) is 4.90 Å². The van der Waals surface area contributed by atoms with E-state index >= 15 is 0 Å². The number of rotatable bonds is 8. The Morgan fingerprint density at radius 3 is 2.00 bits per heavy atom. The third-order valence-corrected chi connectivity index (χ3v) is 8.11. The number of halogens is 1. The highest BCUT2D eigenvalue weighted by Crippen LogP contribution is 2.31. The lowest BCUT2D eigenvalue weighted by atomic mass is 9.78. The Morgan fingerprint density at radius 1 is 0.811 bits per heavy atom. The summed E-state index contributed by atoms with van der Waals surface area (Å²) >= 11 is 6.20. The average molecular weight is 540 g/mol. The molecule has 0 heterocycles. The fourth-order valence-electron chi connectivity index (χ4n) is 4.79. The maximum absolute atomic E-state index is 13.1. The lowest BCUT2D eigenvalue weighted by Gasteiger charge is -2.29. The van der Waals surface area contributed by atoms with Gasteiger partial charge in [-0.2, -0.15) is 0 Å². The molecule has 0 radical (unpaired) electrons. The maximum atomic E-state index is 13.1. The Labute approximate surface area is 222 Å². The monoisotopic (exact) mass is 539 g/mol. The summed E-state index contributed by atoms with van der Waals surface area (Å²) in [7, 11) is -3.86. The predicted molar refractivity (Wildman–Crippen MR) is 144 cm³/mol. The minimum absolute atomic E-state index is 0.0622. The molecule has 194 valence electrons. The van der Waals surface area contributed by atoms with E-state index in [1.807, 2.05) is 30.3 Å². The number of sulfonamides is 1. The molecule has 1 aliphatic carbocycles. The first-order chi connectivity index (χ1) is 17.7. The Kier molecular flexibility index (Phi) is 8.63. The lowest BCUT2D eigenvalue weighted by Crippen LogP contribution is -2.43. The summed E-state index contributed by atoms with van der Waals surface area (Å²) in [5, 5.41) is 11.9. The summed E-state index contributed by atoms with van der Waals surface area (Å²) in [5.74, 6) is -1.03. The summed E-state index contributed by atoms with van der Waals surface area (Å²) in [6.45, 7) is 0.630. The van der Waals surface area contributed by atoms with Crippen LogP contribution in [0.4, 0.5) is 0 Å². The van der Waals surface area contributed by atoms with Gasteiger partial charge >= 0.3 is 0 Å². The number of carbonyl (C=O) groups excluding carboxylic acids is 2. The van der Waals surface area contributed by atoms with E-state index < -0.39 is 10.0 Å². The van der Waals surface area contributed by atoms with Gasteiger partial charge in [-0.3, -0.25) is 9.59 Å². The second-order valence-corrected chi connectivity index (χ2v) is 11.2. The van der Waals surface area contributed by atoms with Crippen LogP contribution >= 0.6 is 11.6 Å². The highest BCUT2D eigenvalue weighted by molar-refractivity contribution is 7.89. The Bertz CT molecular complexity index is 1380. The van der Waals surface area contributed by atoms with E-state index in [-0.39, 0.29) is 28.5 Å². The molecule has 1 saturated carbocycles. The van der Waals surface area contributed by atoms with Gasteiger partial charge in [-0.15, -0.1) is 0 Å². The Balaban J connectivity index is 1.37. The van der Waals surface area contributed by atoms with Crippen LogP contribution in [0.15, 0.2) is 77.7 Å². The van der Waals surface area contributed by atoms with E-state index in [9.17, 15) is 18.0 Å². The van der Waals surface area contributed by atoms with Crippen LogP contribution in [0.1, 0.15) is 36.8 Å². The van der Waals surface area contributed by atoms with Crippen molar-refractivity contribution in [1.82, 2.24) is 10.6 Å². The first-order valence-corrected chi connectivity index (χ1v) is 14.2. The molecule has 0 bridgehead atoms. The molecule has 37 heavy (non-hydrogen) atoms. The molecule has 0 aliphatic heterocycles. The molecule has 1 aliphatic rings. The summed E-state index contributed by atoms with van der Waals surface area (Å²) in [6, 6.07) is 21.2. The zero-order valence-corrected chi connectivity index (χ0v) is 21.9. The minimum Gasteiger partial charge on any atom is -0.352 e. The van der Waals surface area contributed by atoms with Gasteiger partial charge in [0.25, 0.3) is 0 Å². The zero-order valence-electron chi connectivity index (χ0n) is 20.3. The van der Waals surface area contributed by atoms with E-state index in [2.05, 4.69) is 10.6 Å². The quantitative estimate of drug-likeness (QED) is 0.393. The van der Waals surface area contributed by atoms with Gasteiger partial charge in [-0.25, -0.2) is 13.6 Å².